The molecule has 0 heterocycles. The van der Waals surface area contributed by atoms with Crippen LogP contribution in [-0.2, 0) is 20.9 Å². The predicted octanol–water partition coefficient (Wildman–Crippen LogP) is 1.48. The summed E-state index contributed by atoms with van der Waals surface area (Å²) in [6.07, 6.45) is 0.353. The second-order valence-corrected chi connectivity index (χ2v) is 3.79. The molecule has 0 aliphatic heterocycles. The highest BCUT2D eigenvalue weighted by molar-refractivity contribution is 5.76. The van der Waals surface area contributed by atoms with Crippen LogP contribution in [0.2, 0.25) is 0 Å². The quantitative estimate of drug-likeness (QED) is 0.761. The molecule has 0 saturated carbocycles. The average molecular weight is 237 g/mol. The Morgan fingerprint density at radius 3 is 2.53 bits per heavy atom. The molecule has 1 aromatic carbocycles. The van der Waals surface area contributed by atoms with Gasteiger partial charge in [0.2, 0.25) is 0 Å². The van der Waals surface area contributed by atoms with E-state index >= 15 is 0 Å². The molecule has 0 fully saturated rings. The van der Waals surface area contributed by atoms with Gasteiger partial charge in [-0.15, -0.1) is 0 Å². The third-order valence-corrected chi connectivity index (χ3v) is 2.58. The number of carbonyl (C=O) groups is 1. The summed E-state index contributed by atoms with van der Waals surface area (Å²) in [5.41, 5.74) is 6.81. The Labute approximate surface area is 102 Å². The maximum Gasteiger partial charge on any atom is 0.325 e. The lowest BCUT2D eigenvalue weighted by Crippen LogP contribution is -2.43. The van der Waals surface area contributed by atoms with Crippen molar-refractivity contribution in [2.45, 2.75) is 32.1 Å². The van der Waals surface area contributed by atoms with Gasteiger partial charge in [0.25, 0.3) is 0 Å². The summed E-state index contributed by atoms with van der Waals surface area (Å²) in [6, 6.07) is 9.04. The first-order chi connectivity index (χ1) is 8.19. The molecular weight excluding hydrogens is 218 g/mol. The largest absolute Gasteiger partial charge is 0.468 e. The van der Waals surface area contributed by atoms with Gasteiger partial charge in [-0.1, -0.05) is 37.3 Å². The number of nitrogens with two attached hydrogens (primary N) is 1. The Morgan fingerprint density at radius 1 is 1.35 bits per heavy atom. The fourth-order valence-electron chi connectivity index (χ4n) is 1.54. The minimum atomic E-state index is -0.728. The Bertz CT molecular complexity index is 340. The van der Waals surface area contributed by atoms with E-state index in [0.29, 0.717) is 13.0 Å². The predicted molar refractivity (Wildman–Crippen MR) is 65.3 cm³/mol. The van der Waals surface area contributed by atoms with Crippen molar-refractivity contribution in [2.75, 3.05) is 7.11 Å². The molecule has 4 nitrogen and oxygen atoms in total. The number of benzene rings is 1. The molecule has 2 atom stereocenters. The van der Waals surface area contributed by atoms with Crippen molar-refractivity contribution in [1.82, 2.24) is 0 Å². The molecule has 4 heteroatoms. The molecule has 0 unspecified atom stereocenters. The first-order valence-electron chi connectivity index (χ1n) is 5.68. The fourth-order valence-corrected chi connectivity index (χ4v) is 1.54. The third kappa shape index (κ3) is 4.17. The van der Waals surface area contributed by atoms with E-state index in [1.807, 2.05) is 37.3 Å². The number of hydrogen-bond donors (Lipinski definition) is 1. The summed E-state index contributed by atoms with van der Waals surface area (Å²) in [6.45, 7) is 2.38. The molecule has 1 aromatic rings. The second kappa shape index (κ2) is 7.04. The molecule has 17 heavy (non-hydrogen) atoms. The van der Waals surface area contributed by atoms with E-state index in [0.717, 1.165) is 5.56 Å². The maximum atomic E-state index is 11.3. The van der Waals surface area contributed by atoms with Crippen LogP contribution in [0.1, 0.15) is 18.9 Å². The summed E-state index contributed by atoms with van der Waals surface area (Å²) in [5, 5.41) is 0. The Balaban J connectivity index is 2.50. The third-order valence-electron chi connectivity index (χ3n) is 2.58. The molecule has 0 spiro atoms. The molecular formula is C13H19NO3. The molecule has 2 N–H and O–H groups in total. The lowest BCUT2D eigenvalue weighted by Gasteiger charge is -2.21. The van der Waals surface area contributed by atoms with E-state index in [1.165, 1.54) is 7.11 Å². The summed E-state index contributed by atoms with van der Waals surface area (Å²) >= 11 is 0. The van der Waals surface area contributed by atoms with Crippen molar-refractivity contribution in [1.29, 1.82) is 0 Å². The molecule has 0 bridgehead atoms. The van der Waals surface area contributed by atoms with Gasteiger partial charge < -0.3 is 15.2 Å². The van der Waals surface area contributed by atoms with Gasteiger partial charge in [-0.2, -0.15) is 0 Å². The van der Waals surface area contributed by atoms with Gasteiger partial charge in [0.15, 0.2) is 0 Å². The smallest absolute Gasteiger partial charge is 0.325 e. The van der Waals surface area contributed by atoms with E-state index in [1.54, 1.807) is 0 Å². The Kier molecular flexibility index (Phi) is 5.66. The Morgan fingerprint density at radius 2 is 2.00 bits per heavy atom. The summed E-state index contributed by atoms with van der Waals surface area (Å²) in [4.78, 5) is 11.3. The van der Waals surface area contributed by atoms with Gasteiger partial charge in [-0.05, 0) is 12.0 Å². The van der Waals surface area contributed by atoms with Crippen LogP contribution in [0.3, 0.4) is 0 Å². The van der Waals surface area contributed by atoms with E-state index in [-0.39, 0.29) is 6.10 Å². The summed E-state index contributed by atoms with van der Waals surface area (Å²) in [5.74, 6) is -0.440. The summed E-state index contributed by atoms with van der Waals surface area (Å²) < 4.78 is 10.2. The number of methoxy groups -OCH3 is 1. The molecule has 0 aliphatic rings. The fraction of sp³-hybridized carbons (Fsp3) is 0.462. The number of hydrogen-bond acceptors (Lipinski definition) is 4. The number of ether oxygens (including phenoxy) is 2. The van der Waals surface area contributed by atoms with Crippen LogP contribution >= 0.6 is 0 Å². The van der Waals surface area contributed by atoms with Crippen molar-refractivity contribution in [3.8, 4) is 0 Å². The Hall–Kier alpha value is -1.39. The van der Waals surface area contributed by atoms with Crippen molar-refractivity contribution < 1.29 is 14.3 Å². The van der Waals surface area contributed by atoms with Crippen LogP contribution in [0, 0.1) is 0 Å². The van der Waals surface area contributed by atoms with Crippen LogP contribution < -0.4 is 5.73 Å². The van der Waals surface area contributed by atoms with Crippen LogP contribution in [0.25, 0.3) is 0 Å². The summed E-state index contributed by atoms with van der Waals surface area (Å²) in [7, 11) is 1.33. The normalized spacial score (nSPS) is 14.1. The van der Waals surface area contributed by atoms with E-state index in [9.17, 15) is 4.79 Å². The van der Waals surface area contributed by atoms with Gasteiger partial charge in [0.1, 0.15) is 6.04 Å². The lowest BCUT2D eigenvalue weighted by molar-refractivity contribution is -0.146. The van der Waals surface area contributed by atoms with Gasteiger partial charge in [-0.3, -0.25) is 4.79 Å². The molecule has 94 valence electrons. The van der Waals surface area contributed by atoms with Gasteiger partial charge in [0.05, 0.1) is 19.8 Å². The highest BCUT2D eigenvalue weighted by atomic mass is 16.5. The molecule has 0 aromatic heterocycles. The van der Waals surface area contributed by atoms with Crippen molar-refractivity contribution in [3.05, 3.63) is 35.9 Å². The van der Waals surface area contributed by atoms with Crippen molar-refractivity contribution >= 4 is 5.97 Å². The number of rotatable bonds is 6. The van der Waals surface area contributed by atoms with E-state index < -0.39 is 12.0 Å². The van der Waals surface area contributed by atoms with Gasteiger partial charge in [0, 0.05) is 0 Å². The molecule has 1 rings (SSSR count). The van der Waals surface area contributed by atoms with Crippen LogP contribution in [0.15, 0.2) is 30.3 Å². The SMILES string of the molecule is CC[C@@H](OCc1ccccc1)[C@H](N)C(=O)OC. The highest BCUT2D eigenvalue weighted by Crippen LogP contribution is 2.09. The first-order valence-corrected chi connectivity index (χ1v) is 5.68. The highest BCUT2D eigenvalue weighted by Gasteiger charge is 2.24. The van der Waals surface area contributed by atoms with Crippen LogP contribution in [-0.4, -0.2) is 25.2 Å². The zero-order valence-corrected chi connectivity index (χ0v) is 10.3. The standard InChI is InChI=1S/C13H19NO3/c1-3-11(12(14)13(15)16-2)17-9-10-7-5-4-6-8-10/h4-8,11-12H,3,9,14H2,1-2H3/t11-,12+/m1/s1. The molecule has 0 amide bonds. The van der Waals surface area contributed by atoms with Crippen molar-refractivity contribution in [3.63, 3.8) is 0 Å². The van der Waals surface area contributed by atoms with E-state index in [4.69, 9.17) is 10.5 Å². The first kappa shape index (κ1) is 13.7. The van der Waals surface area contributed by atoms with Gasteiger partial charge in [-0.25, -0.2) is 0 Å². The zero-order chi connectivity index (χ0) is 12.7. The lowest BCUT2D eigenvalue weighted by atomic mass is 10.1. The minimum absolute atomic E-state index is 0.317. The molecule has 0 radical (unpaired) electrons. The van der Waals surface area contributed by atoms with E-state index in [2.05, 4.69) is 4.74 Å². The second-order valence-electron chi connectivity index (χ2n) is 3.79. The molecule has 0 aliphatic carbocycles. The zero-order valence-electron chi connectivity index (χ0n) is 10.3. The number of carbonyl (C=O) groups excluding carboxylic acids is 1. The molecule has 0 saturated heterocycles. The maximum absolute atomic E-state index is 11.3. The monoisotopic (exact) mass is 237 g/mol. The van der Waals surface area contributed by atoms with Crippen LogP contribution in [0.5, 0.6) is 0 Å². The van der Waals surface area contributed by atoms with Crippen LogP contribution in [0.4, 0.5) is 0 Å². The minimum Gasteiger partial charge on any atom is -0.468 e. The van der Waals surface area contributed by atoms with Crippen molar-refractivity contribution in [2.24, 2.45) is 5.73 Å². The number of esters is 1. The van der Waals surface area contributed by atoms with Gasteiger partial charge >= 0.3 is 5.97 Å². The topological polar surface area (TPSA) is 61.5 Å². The average Bonchev–Trinajstić information content (AvgIpc) is 2.39.